The molecule has 13 heteroatoms. The van der Waals surface area contributed by atoms with Gasteiger partial charge in [-0.15, -0.1) is 11.3 Å². The van der Waals surface area contributed by atoms with Crippen LogP contribution in [0.5, 0.6) is 0 Å². The number of hydrogen-bond donors (Lipinski definition) is 3. The molecule has 1 aliphatic heterocycles. The van der Waals surface area contributed by atoms with Gasteiger partial charge in [0.15, 0.2) is 0 Å². The number of nitrogens with one attached hydrogen (secondary N) is 2. The van der Waals surface area contributed by atoms with Crippen LogP contribution in [0.3, 0.4) is 0 Å². The Bertz CT molecular complexity index is 1430. The van der Waals surface area contributed by atoms with E-state index >= 15 is 0 Å². The van der Waals surface area contributed by atoms with Crippen LogP contribution in [0, 0.1) is 17.8 Å². The second-order valence-electron chi connectivity index (χ2n) is 15.1. The Morgan fingerprint density at radius 2 is 1.75 bits per heavy atom. The highest BCUT2D eigenvalue weighted by Gasteiger charge is 2.43. The number of rotatable bonds is 19. The molecule has 4 amide bonds. The number of likely N-dealkylation sites (N-methyl/N-ethyl adjacent to an activating group) is 1. The lowest BCUT2D eigenvalue weighted by atomic mass is 9.89. The molecule has 2 aromatic rings. The fourth-order valence-corrected chi connectivity index (χ4v) is 7.82. The van der Waals surface area contributed by atoms with Crippen molar-refractivity contribution in [1.82, 2.24) is 25.4 Å². The Kier molecular flexibility index (Phi) is 16.2. The van der Waals surface area contributed by atoms with Gasteiger partial charge in [0.2, 0.25) is 23.6 Å². The molecule has 0 radical (unpaired) electrons. The zero-order chi connectivity index (χ0) is 38.7. The largest absolute Gasteiger partial charge is 0.379 e. The van der Waals surface area contributed by atoms with Crippen molar-refractivity contribution in [2.24, 2.45) is 23.5 Å². The van der Waals surface area contributed by atoms with Crippen molar-refractivity contribution in [2.75, 3.05) is 27.8 Å². The van der Waals surface area contributed by atoms with Crippen molar-refractivity contribution < 1.29 is 28.7 Å². The predicted octanol–water partition coefficient (Wildman–Crippen LogP) is 4.34. The van der Waals surface area contributed by atoms with Crippen LogP contribution in [0.25, 0.3) is 0 Å². The molecule has 0 bridgehead atoms. The maximum Gasteiger partial charge on any atom is 0.245 e. The fourth-order valence-electron chi connectivity index (χ4n) is 7.13. The van der Waals surface area contributed by atoms with Gasteiger partial charge in [-0.1, -0.05) is 71.4 Å². The summed E-state index contributed by atoms with van der Waals surface area (Å²) in [6, 6.07) is 8.11. The number of nitrogens with two attached hydrogens (primary N) is 1. The molecule has 1 fully saturated rings. The third-order valence-corrected chi connectivity index (χ3v) is 11.3. The van der Waals surface area contributed by atoms with E-state index in [9.17, 15) is 19.2 Å². The number of nitrogens with zero attached hydrogens (tertiary/aromatic N) is 3. The van der Waals surface area contributed by atoms with E-state index in [2.05, 4.69) is 15.6 Å². The molecule has 1 saturated heterocycles. The van der Waals surface area contributed by atoms with Crippen molar-refractivity contribution in [3.63, 3.8) is 0 Å². The quantitative estimate of drug-likeness (QED) is 0.192. The van der Waals surface area contributed by atoms with Crippen LogP contribution in [0.1, 0.15) is 90.8 Å². The lowest BCUT2D eigenvalue weighted by Crippen LogP contribution is -2.60. The number of benzene rings is 1. The van der Waals surface area contributed by atoms with Gasteiger partial charge in [-0.3, -0.25) is 19.2 Å². The molecule has 4 N–H and O–H groups in total. The minimum Gasteiger partial charge on any atom is -0.379 e. The summed E-state index contributed by atoms with van der Waals surface area (Å²) in [5, 5.41) is 8.79. The number of carbonyl (C=O) groups excluding carboxylic acids is 4. The Labute approximate surface area is 314 Å². The molecule has 0 aliphatic carbocycles. The number of amides is 4. The molecule has 4 unspecified atom stereocenters. The Hall–Kier alpha value is -3.39. The first-order chi connectivity index (χ1) is 24.5. The first-order valence-electron chi connectivity index (χ1n) is 18.5. The molecule has 1 aliphatic rings. The van der Waals surface area contributed by atoms with E-state index in [-0.39, 0.29) is 48.1 Å². The van der Waals surface area contributed by atoms with Crippen molar-refractivity contribution in [3.05, 3.63) is 52.5 Å². The number of ether oxygens (including phenoxy) is 2. The first kappa shape index (κ1) is 43.0. The van der Waals surface area contributed by atoms with Crippen molar-refractivity contribution in [1.29, 1.82) is 0 Å². The van der Waals surface area contributed by atoms with Crippen LogP contribution in [0.2, 0.25) is 0 Å². The summed E-state index contributed by atoms with van der Waals surface area (Å²) in [5.41, 5.74) is 5.97. The summed E-state index contributed by atoms with van der Waals surface area (Å²) in [7, 11) is 4.86. The molecule has 8 atom stereocenters. The topological polar surface area (TPSA) is 156 Å². The number of carbonyl (C=O) groups is 4. The molecule has 0 spiro atoms. The van der Waals surface area contributed by atoms with Gasteiger partial charge < -0.3 is 35.6 Å². The third kappa shape index (κ3) is 11.1. The standard InChI is InChI=1S/C39H62N6O6S/c1-11-25(4)33(44(8)37(48)32(24(2)3)43-38(49)39(6,7)40)30(50-9)23-31(46)45-20-15-18-29(45)34(51-10)26(5)35(47)42-28(36-41-19-21-52-36)22-27-16-13-12-14-17-27/h12-14,16-17,19,21,24-26,28-30,32-34H,11,15,18,20,22-23,40H2,1-10H3,(H,42,47)(H,43,49)/t25-,26+,28-,29?,30?,32-,33?,34?/m0/s1. The minimum atomic E-state index is -1.15. The van der Waals surface area contributed by atoms with Gasteiger partial charge in [0, 0.05) is 39.4 Å². The highest BCUT2D eigenvalue weighted by Crippen LogP contribution is 2.30. The van der Waals surface area contributed by atoms with Gasteiger partial charge in [0.05, 0.1) is 48.2 Å². The molecular formula is C39H62N6O6S. The number of thiazole rings is 1. The SMILES string of the molecule is CC[C@H](C)C(C(CC(=O)N1CCCC1C(OC)[C@@H](C)C(=O)N[C@@H](Cc1ccccc1)c1nccs1)OC)N(C)C(=O)[C@@H](NC(=O)C(C)(C)N)C(C)C. The highest BCUT2D eigenvalue weighted by molar-refractivity contribution is 7.09. The highest BCUT2D eigenvalue weighted by atomic mass is 32.1. The Morgan fingerprint density at radius 3 is 2.29 bits per heavy atom. The smallest absolute Gasteiger partial charge is 0.245 e. The molecule has 2 heterocycles. The lowest BCUT2D eigenvalue weighted by Gasteiger charge is -2.41. The zero-order valence-electron chi connectivity index (χ0n) is 32.8. The van der Waals surface area contributed by atoms with Gasteiger partial charge in [0.25, 0.3) is 0 Å². The average molecular weight is 743 g/mol. The Balaban J connectivity index is 1.78. The van der Waals surface area contributed by atoms with E-state index in [1.54, 1.807) is 46.2 Å². The second-order valence-corrected chi connectivity index (χ2v) is 16.1. The number of methoxy groups -OCH3 is 2. The summed E-state index contributed by atoms with van der Waals surface area (Å²) >= 11 is 1.50. The van der Waals surface area contributed by atoms with E-state index in [1.807, 2.05) is 75.2 Å². The van der Waals surface area contributed by atoms with Crippen LogP contribution >= 0.6 is 11.3 Å². The van der Waals surface area contributed by atoms with Gasteiger partial charge >= 0.3 is 0 Å². The zero-order valence-corrected chi connectivity index (χ0v) is 33.6. The molecule has 290 valence electrons. The summed E-state index contributed by atoms with van der Waals surface area (Å²) in [6.45, 7) is 13.4. The molecule has 52 heavy (non-hydrogen) atoms. The minimum absolute atomic E-state index is 0.0207. The van der Waals surface area contributed by atoms with Crippen LogP contribution in [0.4, 0.5) is 0 Å². The van der Waals surface area contributed by atoms with E-state index in [1.165, 1.54) is 11.3 Å². The van der Waals surface area contributed by atoms with Gasteiger partial charge in [0.1, 0.15) is 11.0 Å². The maximum absolute atomic E-state index is 14.2. The van der Waals surface area contributed by atoms with Crippen LogP contribution in [0.15, 0.2) is 41.9 Å². The summed E-state index contributed by atoms with van der Waals surface area (Å²) in [4.78, 5) is 62.8. The third-order valence-electron chi connectivity index (χ3n) is 10.4. The summed E-state index contributed by atoms with van der Waals surface area (Å²) in [6.07, 6.45) is 3.42. The van der Waals surface area contributed by atoms with Crippen molar-refractivity contribution in [2.45, 2.75) is 122 Å². The van der Waals surface area contributed by atoms with E-state index in [4.69, 9.17) is 15.2 Å². The van der Waals surface area contributed by atoms with E-state index in [0.29, 0.717) is 19.4 Å². The molecule has 12 nitrogen and oxygen atoms in total. The number of hydrogen-bond acceptors (Lipinski definition) is 9. The average Bonchev–Trinajstić information content (AvgIpc) is 3.83. The molecular weight excluding hydrogens is 681 g/mol. The van der Waals surface area contributed by atoms with Crippen molar-refractivity contribution >= 4 is 35.0 Å². The van der Waals surface area contributed by atoms with E-state index < -0.39 is 41.7 Å². The van der Waals surface area contributed by atoms with Crippen LogP contribution in [-0.4, -0.2) is 102 Å². The second kappa shape index (κ2) is 19.6. The summed E-state index contributed by atoms with van der Waals surface area (Å²) in [5.74, 6) is -1.76. The summed E-state index contributed by atoms with van der Waals surface area (Å²) < 4.78 is 12.0. The monoisotopic (exact) mass is 742 g/mol. The number of aromatic nitrogens is 1. The maximum atomic E-state index is 14.2. The van der Waals surface area contributed by atoms with Gasteiger partial charge in [-0.25, -0.2) is 4.98 Å². The molecule has 3 rings (SSSR count). The molecule has 1 aromatic carbocycles. The van der Waals surface area contributed by atoms with E-state index in [0.717, 1.165) is 23.4 Å². The van der Waals surface area contributed by atoms with Crippen LogP contribution < -0.4 is 16.4 Å². The molecule has 0 saturated carbocycles. The lowest BCUT2D eigenvalue weighted by molar-refractivity contribution is -0.148. The number of likely N-dealkylation sites (tertiary alicyclic amines) is 1. The van der Waals surface area contributed by atoms with Crippen LogP contribution in [-0.2, 0) is 35.1 Å². The van der Waals surface area contributed by atoms with Gasteiger partial charge in [-0.2, -0.15) is 0 Å². The predicted molar refractivity (Wildman–Crippen MR) is 204 cm³/mol. The first-order valence-corrected chi connectivity index (χ1v) is 19.4. The van der Waals surface area contributed by atoms with Gasteiger partial charge in [-0.05, 0) is 50.5 Å². The fraction of sp³-hybridized carbons (Fsp3) is 0.667. The Morgan fingerprint density at radius 1 is 1.08 bits per heavy atom. The van der Waals surface area contributed by atoms with Crippen molar-refractivity contribution in [3.8, 4) is 0 Å². The normalized spacial score (nSPS) is 18.9. The molecule has 1 aromatic heterocycles.